The molecule has 2 fully saturated rings. The van der Waals surface area contributed by atoms with Crippen molar-refractivity contribution in [2.75, 3.05) is 13.7 Å². The summed E-state index contributed by atoms with van der Waals surface area (Å²) in [5.74, 6) is 0.938. The zero-order valence-electron chi connectivity index (χ0n) is 11.7. The summed E-state index contributed by atoms with van der Waals surface area (Å²) in [4.78, 5) is 2.70. The largest absolute Gasteiger partial charge is 0.497 e. The monoisotopic (exact) mass is 260 g/mol. The van der Waals surface area contributed by atoms with Gasteiger partial charge in [-0.1, -0.05) is 12.1 Å². The third-order valence-electron chi connectivity index (χ3n) is 4.74. The van der Waals surface area contributed by atoms with Crippen molar-refractivity contribution in [3.63, 3.8) is 0 Å². The Morgan fingerprint density at radius 3 is 2.37 bits per heavy atom. The minimum atomic E-state index is 0.440. The Bertz CT molecular complexity index is 403. The van der Waals surface area contributed by atoms with Crippen LogP contribution in [-0.4, -0.2) is 36.7 Å². The summed E-state index contributed by atoms with van der Waals surface area (Å²) in [5.41, 5.74) is 7.51. The van der Waals surface area contributed by atoms with Gasteiger partial charge in [-0.3, -0.25) is 4.90 Å². The highest BCUT2D eigenvalue weighted by Gasteiger charge is 2.38. The van der Waals surface area contributed by atoms with Gasteiger partial charge in [0.15, 0.2) is 0 Å². The van der Waals surface area contributed by atoms with E-state index >= 15 is 0 Å². The van der Waals surface area contributed by atoms with Crippen LogP contribution in [0.4, 0.5) is 0 Å². The van der Waals surface area contributed by atoms with Gasteiger partial charge in [0.1, 0.15) is 5.75 Å². The van der Waals surface area contributed by atoms with Crippen LogP contribution in [-0.2, 0) is 6.42 Å². The van der Waals surface area contributed by atoms with Gasteiger partial charge in [-0.25, -0.2) is 0 Å². The summed E-state index contributed by atoms with van der Waals surface area (Å²) in [7, 11) is 1.71. The Morgan fingerprint density at radius 2 is 1.79 bits per heavy atom. The molecule has 0 spiro atoms. The topological polar surface area (TPSA) is 38.5 Å². The maximum Gasteiger partial charge on any atom is 0.118 e. The predicted molar refractivity (Wildman–Crippen MR) is 77.4 cm³/mol. The lowest BCUT2D eigenvalue weighted by molar-refractivity contribution is 0.129. The van der Waals surface area contributed by atoms with Crippen LogP contribution in [0.15, 0.2) is 24.3 Å². The van der Waals surface area contributed by atoms with Gasteiger partial charge in [-0.15, -0.1) is 0 Å². The maximum atomic E-state index is 6.12. The average molecular weight is 260 g/mol. The van der Waals surface area contributed by atoms with E-state index < -0.39 is 0 Å². The van der Waals surface area contributed by atoms with Gasteiger partial charge in [0.05, 0.1) is 7.11 Å². The number of fused-ring (bicyclic) bond motifs is 2. The molecule has 2 aliphatic heterocycles. The third-order valence-corrected chi connectivity index (χ3v) is 4.74. The number of ether oxygens (including phenoxy) is 1. The second-order valence-corrected chi connectivity index (χ2v) is 5.95. The smallest absolute Gasteiger partial charge is 0.118 e. The van der Waals surface area contributed by atoms with Crippen molar-refractivity contribution in [3.05, 3.63) is 29.8 Å². The van der Waals surface area contributed by atoms with Crippen molar-refractivity contribution in [1.29, 1.82) is 0 Å². The lowest BCUT2D eigenvalue weighted by Gasteiger charge is -2.37. The Hall–Kier alpha value is -1.06. The Labute approximate surface area is 115 Å². The molecule has 2 aliphatic rings. The highest BCUT2D eigenvalue weighted by Crippen LogP contribution is 2.34. The number of nitrogens with zero attached hydrogens (tertiary/aromatic N) is 1. The van der Waals surface area contributed by atoms with E-state index in [4.69, 9.17) is 10.5 Å². The molecule has 0 saturated carbocycles. The molecular formula is C16H24N2O. The van der Waals surface area contributed by atoms with E-state index in [-0.39, 0.29) is 0 Å². The minimum Gasteiger partial charge on any atom is -0.497 e. The first-order chi connectivity index (χ1) is 9.26. The molecule has 3 rings (SSSR count). The minimum absolute atomic E-state index is 0.440. The molecule has 3 heteroatoms. The number of methoxy groups -OCH3 is 1. The molecule has 2 heterocycles. The quantitative estimate of drug-likeness (QED) is 0.902. The molecule has 2 saturated heterocycles. The van der Waals surface area contributed by atoms with E-state index in [1.165, 1.54) is 37.8 Å². The molecule has 0 aliphatic carbocycles. The van der Waals surface area contributed by atoms with Crippen LogP contribution in [0, 0.1) is 0 Å². The highest BCUT2D eigenvalue weighted by molar-refractivity contribution is 5.27. The summed E-state index contributed by atoms with van der Waals surface area (Å²) < 4.78 is 5.20. The van der Waals surface area contributed by atoms with Gasteiger partial charge < -0.3 is 10.5 Å². The van der Waals surface area contributed by atoms with Gasteiger partial charge >= 0.3 is 0 Å². The van der Waals surface area contributed by atoms with Crippen LogP contribution < -0.4 is 10.5 Å². The van der Waals surface area contributed by atoms with Crippen molar-refractivity contribution < 1.29 is 4.74 Å². The SMILES string of the molecule is COc1ccc(CCN2C3CCC2CC(N)C3)cc1. The molecule has 2 N–H and O–H groups in total. The first-order valence-corrected chi connectivity index (χ1v) is 7.40. The van der Waals surface area contributed by atoms with Crippen molar-refractivity contribution in [3.8, 4) is 5.75 Å². The number of benzene rings is 1. The molecular weight excluding hydrogens is 236 g/mol. The number of hydrogen-bond donors (Lipinski definition) is 1. The molecule has 104 valence electrons. The number of piperidine rings is 1. The fraction of sp³-hybridized carbons (Fsp3) is 0.625. The fourth-order valence-corrected chi connectivity index (χ4v) is 3.73. The zero-order chi connectivity index (χ0) is 13.2. The van der Waals surface area contributed by atoms with E-state index in [1.54, 1.807) is 7.11 Å². The number of rotatable bonds is 4. The number of nitrogens with two attached hydrogens (primary N) is 1. The third kappa shape index (κ3) is 2.77. The first-order valence-electron chi connectivity index (χ1n) is 7.40. The Kier molecular flexibility index (Phi) is 3.76. The second kappa shape index (κ2) is 5.51. The summed E-state index contributed by atoms with van der Waals surface area (Å²) >= 11 is 0. The summed E-state index contributed by atoms with van der Waals surface area (Å²) in [6, 6.07) is 10.4. The van der Waals surface area contributed by atoms with Gasteiger partial charge in [0, 0.05) is 24.7 Å². The Morgan fingerprint density at radius 1 is 1.16 bits per heavy atom. The molecule has 3 nitrogen and oxygen atoms in total. The molecule has 2 bridgehead atoms. The normalized spacial score (nSPS) is 30.5. The molecule has 1 aromatic carbocycles. The van der Waals surface area contributed by atoms with Gasteiger partial charge in [0.2, 0.25) is 0 Å². The maximum absolute atomic E-state index is 6.12. The number of hydrogen-bond acceptors (Lipinski definition) is 3. The Balaban J connectivity index is 1.57. The van der Waals surface area contributed by atoms with Gasteiger partial charge in [0.25, 0.3) is 0 Å². The summed E-state index contributed by atoms with van der Waals surface area (Å²) in [5, 5.41) is 0. The summed E-state index contributed by atoms with van der Waals surface area (Å²) in [6.45, 7) is 1.17. The van der Waals surface area contributed by atoms with E-state index in [9.17, 15) is 0 Å². The highest BCUT2D eigenvalue weighted by atomic mass is 16.5. The van der Waals surface area contributed by atoms with E-state index in [1.807, 2.05) is 0 Å². The second-order valence-electron chi connectivity index (χ2n) is 5.95. The van der Waals surface area contributed by atoms with Crippen molar-refractivity contribution in [1.82, 2.24) is 4.90 Å². The van der Waals surface area contributed by atoms with Gasteiger partial charge in [-0.05, 0) is 49.8 Å². The predicted octanol–water partition coefficient (Wildman–Crippen LogP) is 2.19. The van der Waals surface area contributed by atoms with E-state index in [0.717, 1.165) is 24.3 Å². The van der Waals surface area contributed by atoms with Crippen molar-refractivity contribution in [2.24, 2.45) is 5.73 Å². The first kappa shape index (κ1) is 12.9. The van der Waals surface area contributed by atoms with Crippen LogP contribution in [0.2, 0.25) is 0 Å². The van der Waals surface area contributed by atoms with E-state index in [0.29, 0.717) is 6.04 Å². The molecule has 0 radical (unpaired) electrons. The summed E-state index contributed by atoms with van der Waals surface area (Å²) in [6.07, 6.45) is 6.21. The lowest BCUT2D eigenvalue weighted by Crippen LogP contribution is -2.48. The van der Waals surface area contributed by atoms with Crippen molar-refractivity contribution in [2.45, 2.75) is 50.2 Å². The molecule has 0 amide bonds. The van der Waals surface area contributed by atoms with Crippen LogP contribution in [0.1, 0.15) is 31.2 Å². The molecule has 2 unspecified atom stereocenters. The fourth-order valence-electron chi connectivity index (χ4n) is 3.73. The van der Waals surface area contributed by atoms with E-state index in [2.05, 4.69) is 29.2 Å². The van der Waals surface area contributed by atoms with Crippen LogP contribution in [0.25, 0.3) is 0 Å². The van der Waals surface area contributed by atoms with Crippen LogP contribution in [0.5, 0.6) is 5.75 Å². The molecule has 2 atom stereocenters. The van der Waals surface area contributed by atoms with Crippen LogP contribution >= 0.6 is 0 Å². The van der Waals surface area contributed by atoms with Crippen molar-refractivity contribution >= 4 is 0 Å². The standard InChI is InChI=1S/C16H24N2O/c1-19-16-6-2-12(3-7-16)8-9-18-14-4-5-15(18)11-13(17)10-14/h2-3,6-7,13-15H,4-5,8-11,17H2,1H3. The lowest BCUT2D eigenvalue weighted by atomic mass is 9.97. The average Bonchev–Trinajstić information content (AvgIpc) is 2.67. The van der Waals surface area contributed by atoms with Crippen LogP contribution in [0.3, 0.4) is 0 Å². The van der Waals surface area contributed by atoms with Gasteiger partial charge in [-0.2, -0.15) is 0 Å². The molecule has 0 aromatic heterocycles. The molecule has 1 aromatic rings. The molecule has 19 heavy (non-hydrogen) atoms. The zero-order valence-corrected chi connectivity index (χ0v) is 11.7.